The number of rotatable bonds is 4. The molecule has 0 saturated heterocycles. The third-order valence-electron chi connectivity index (χ3n) is 7.16. The Morgan fingerprint density at radius 1 is 1.23 bits per heavy atom. The van der Waals surface area contributed by atoms with Crippen LogP contribution in [0.15, 0.2) is 0 Å². The summed E-state index contributed by atoms with van der Waals surface area (Å²) >= 11 is 0. The summed E-state index contributed by atoms with van der Waals surface area (Å²) < 4.78 is 0. The Balaban J connectivity index is 1.26. The monoisotopic (exact) mass is 303 g/mol. The quantitative estimate of drug-likeness (QED) is 0.618. The zero-order chi connectivity index (χ0) is 15.4. The predicted molar refractivity (Wildman–Crippen MR) is 71.8 cm³/mol. The molecule has 8 unspecified atom stereocenters. The number of imide groups is 1. The molecule has 0 aliphatic heterocycles. The van der Waals surface area contributed by atoms with Crippen LogP contribution in [0.5, 0.6) is 0 Å². The molecule has 8 atom stereocenters. The number of urea groups is 1. The number of carbonyl (C=O) groups is 4. The van der Waals surface area contributed by atoms with Gasteiger partial charge in [0, 0.05) is 24.8 Å². The normalized spacial score (nSPS) is 50.5. The van der Waals surface area contributed by atoms with Gasteiger partial charge < -0.3 is 11.1 Å². The Morgan fingerprint density at radius 2 is 2.00 bits per heavy atom. The summed E-state index contributed by atoms with van der Waals surface area (Å²) in [5.74, 6) is 2.18. The number of Topliss-reactive ketones (excluding diaryl/α,β-unsaturated/α-hetero) is 1. The zero-order valence-corrected chi connectivity index (χ0v) is 11.9. The summed E-state index contributed by atoms with van der Waals surface area (Å²) in [6.07, 6.45) is 1.15. The van der Waals surface area contributed by atoms with Gasteiger partial charge in [-0.15, -0.1) is 0 Å². The van der Waals surface area contributed by atoms with Crippen molar-refractivity contribution in [3.05, 3.63) is 0 Å². The van der Waals surface area contributed by atoms with Crippen molar-refractivity contribution in [2.75, 3.05) is 6.54 Å². The summed E-state index contributed by atoms with van der Waals surface area (Å²) in [5.41, 5.74) is 4.42. The van der Waals surface area contributed by atoms with Crippen molar-refractivity contribution in [1.82, 2.24) is 10.6 Å². The highest BCUT2D eigenvalue weighted by molar-refractivity contribution is 6.04. The maximum Gasteiger partial charge on any atom is 0.318 e. The van der Waals surface area contributed by atoms with Gasteiger partial charge in [-0.25, -0.2) is 4.79 Å². The molecule has 0 aromatic rings. The standard InChI is InChI=1S/C15H17N3O4/c16-14(22)18-6(19)1-2-17-13(21)15-9-5-3-4-7(9)11(15)12(20)8(4)10(5)15/h4-5,7-11H,1-3H2,(H,17,21)(H3,16,18,19,22). The molecule has 22 heavy (non-hydrogen) atoms. The van der Waals surface area contributed by atoms with Crippen LogP contribution in [0, 0.1) is 46.8 Å². The molecule has 0 aromatic carbocycles. The first kappa shape index (κ1) is 12.6. The fourth-order valence-corrected chi connectivity index (χ4v) is 7.06. The van der Waals surface area contributed by atoms with Gasteiger partial charge in [-0.2, -0.15) is 0 Å². The van der Waals surface area contributed by atoms with E-state index in [1.165, 1.54) is 0 Å². The molecule has 4 bridgehead atoms. The number of carbonyl (C=O) groups excluding carboxylic acids is 4. The van der Waals surface area contributed by atoms with Crippen molar-refractivity contribution in [3.8, 4) is 0 Å². The predicted octanol–water partition coefficient (Wildman–Crippen LogP) is -0.985. The van der Waals surface area contributed by atoms with Crippen LogP contribution in [0.2, 0.25) is 0 Å². The van der Waals surface area contributed by atoms with E-state index in [2.05, 4.69) is 5.32 Å². The van der Waals surface area contributed by atoms with E-state index in [1.54, 1.807) is 0 Å². The fourth-order valence-electron chi connectivity index (χ4n) is 7.06. The van der Waals surface area contributed by atoms with Gasteiger partial charge in [0.15, 0.2) is 0 Å². The molecule has 0 heterocycles. The number of primary amides is 1. The minimum atomic E-state index is -0.892. The van der Waals surface area contributed by atoms with Gasteiger partial charge in [-0.3, -0.25) is 19.7 Å². The van der Waals surface area contributed by atoms with E-state index in [0.717, 1.165) is 6.42 Å². The number of hydrogen-bond donors (Lipinski definition) is 3. The van der Waals surface area contributed by atoms with Crippen LogP contribution in [-0.4, -0.2) is 30.2 Å². The lowest BCUT2D eigenvalue weighted by Crippen LogP contribution is -2.75. The molecule has 4 N–H and O–H groups in total. The maximum atomic E-state index is 12.7. The Labute approximate surface area is 126 Å². The van der Waals surface area contributed by atoms with E-state index in [-0.39, 0.29) is 36.6 Å². The Morgan fingerprint density at radius 3 is 2.68 bits per heavy atom. The molecular formula is C15H17N3O4. The van der Waals surface area contributed by atoms with Crippen LogP contribution in [0.3, 0.4) is 0 Å². The lowest BCUT2D eigenvalue weighted by Gasteiger charge is -2.70. The lowest BCUT2D eigenvalue weighted by atomic mass is 9.31. The van der Waals surface area contributed by atoms with Gasteiger partial charge in [0.2, 0.25) is 11.8 Å². The molecule has 0 radical (unpaired) electrons. The van der Waals surface area contributed by atoms with Crippen molar-refractivity contribution in [2.45, 2.75) is 12.8 Å². The number of amides is 4. The second-order valence-electron chi connectivity index (χ2n) is 7.45. The molecule has 6 saturated carbocycles. The second kappa shape index (κ2) is 3.52. The second-order valence-corrected chi connectivity index (χ2v) is 7.45. The van der Waals surface area contributed by atoms with E-state index < -0.39 is 17.4 Å². The SMILES string of the molecule is NC(=O)NC(=O)CCNC(=O)C12C3C(=O)C4C5CC(C41)C2C53. The molecule has 7 nitrogen and oxygen atoms in total. The summed E-state index contributed by atoms with van der Waals surface area (Å²) in [5, 5.41) is 4.77. The van der Waals surface area contributed by atoms with Crippen molar-refractivity contribution >= 4 is 23.6 Å². The number of nitrogens with two attached hydrogens (primary N) is 1. The van der Waals surface area contributed by atoms with Crippen molar-refractivity contribution in [3.63, 3.8) is 0 Å². The molecule has 0 spiro atoms. The molecule has 116 valence electrons. The average molecular weight is 303 g/mol. The average Bonchev–Trinajstić information content (AvgIpc) is 2.92. The molecule has 7 heteroatoms. The van der Waals surface area contributed by atoms with Gasteiger partial charge in [-0.05, 0) is 36.0 Å². The lowest BCUT2D eigenvalue weighted by molar-refractivity contribution is -0.248. The summed E-state index contributed by atoms with van der Waals surface area (Å²) in [7, 11) is 0. The Hall–Kier alpha value is -1.92. The fraction of sp³-hybridized carbons (Fsp3) is 0.733. The van der Waals surface area contributed by atoms with Crippen molar-refractivity contribution in [1.29, 1.82) is 0 Å². The summed E-state index contributed by atoms with van der Waals surface area (Å²) in [6.45, 7) is 0.170. The smallest absolute Gasteiger partial charge is 0.318 e. The van der Waals surface area contributed by atoms with Gasteiger partial charge in [-0.1, -0.05) is 0 Å². The van der Waals surface area contributed by atoms with Crippen LogP contribution in [0.1, 0.15) is 12.8 Å². The van der Waals surface area contributed by atoms with E-state index in [4.69, 9.17) is 5.73 Å². The highest BCUT2D eigenvalue weighted by Crippen LogP contribution is 2.92. The summed E-state index contributed by atoms with van der Waals surface area (Å²) in [6, 6.07) is -0.892. The van der Waals surface area contributed by atoms with Crippen LogP contribution < -0.4 is 16.4 Å². The third kappa shape index (κ3) is 1.02. The van der Waals surface area contributed by atoms with E-state index in [9.17, 15) is 19.2 Å². The van der Waals surface area contributed by atoms with E-state index >= 15 is 0 Å². The van der Waals surface area contributed by atoms with Crippen LogP contribution in [0.4, 0.5) is 4.79 Å². The first-order chi connectivity index (χ1) is 10.5. The molecule has 0 aromatic heterocycles. The van der Waals surface area contributed by atoms with Crippen molar-refractivity contribution in [2.24, 2.45) is 52.6 Å². The molecule has 6 rings (SSSR count). The minimum Gasteiger partial charge on any atom is -0.355 e. The van der Waals surface area contributed by atoms with Crippen molar-refractivity contribution < 1.29 is 19.2 Å². The maximum absolute atomic E-state index is 12.7. The largest absolute Gasteiger partial charge is 0.355 e. The number of nitrogens with one attached hydrogen (secondary N) is 2. The highest BCUT2D eigenvalue weighted by atomic mass is 16.2. The first-order valence-electron chi connectivity index (χ1n) is 7.91. The van der Waals surface area contributed by atoms with Gasteiger partial charge in [0.05, 0.1) is 5.41 Å². The highest BCUT2D eigenvalue weighted by Gasteiger charge is 2.96. The Bertz CT molecular complexity index is 661. The molecular weight excluding hydrogens is 286 g/mol. The molecule has 6 aliphatic carbocycles. The van der Waals surface area contributed by atoms with Gasteiger partial charge in [0.1, 0.15) is 5.78 Å². The zero-order valence-electron chi connectivity index (χ0n) is 11.9. The van der Waals surface area contributed by atoms with E-state index in [0.29, 0.717) is 29.5 Å². The van der Waals surface area contributed by atoms with Crippen LogP contribution in [-0.2, 0) is 14.4 Å². The van der Waals surface area contributed by atoms with Gasteiger partial charge >= 0.3 is 6.03 Å². The van der Waals surface area contributed by atoms with Gasteiger partial charge in [0.25, 0.3) is 0 Å². The number of hydrogen-bond acceptors (Lipinski definition) is 4. The minimum absolute atomic E-state index is 0.0115. The molecule has 6 aliphatic rings. The Kier molecular flexibility index (Phi) is 2.02. The number of ketones is 1. The third-order valence-corrected chi connectivity index (χ3v) is 7.16. The molecule has 6 fully saturated rings. The molecule has 4 amide bonds. The van der Waals surface area contributed by atoms with Crippen LogP contribution in [0.25, 0.3) is 0 Å². The summed E-state index contributed by atoms with van der Waals surface area (Å²) in [4.78, 5) is 47.0. The topological polar surface area (TPSA) is 118 Å². The van der Waals surface area contributed by atoms with Crippen LogP contribution >= 0.6 is 0 Å². The first-order valence-corrected chi connectivity index (χ1v) is 7.91. The van der Waals surface area contributed by atoms with E-state index in [1.807, 2.05) is 5.32 Å².